The molecule has 7 nitrogen and oxygen atoms in total. The predicted octanol–water partition coefficient (Wildman–Crippen LogP) is 2.80. The van der Waals surface area contributed by atoms with Crippen molar-refractivity contribution in [2.45, 2.75) is 13.0 Å². The fraction of sp³-hybridized carbons (Fsp3) is 0.158. The molecule has 3 aromatic rings. The van der Waals surface area contributed by atoms with Crippen molar-refractivity contribution in [3.05, 3.63) is 69.9 Å². The molecule has 144 valence electrons. The number of methoxy groups -OCH3 is 1. The highest BCUT2D eigenvalue weighted by Crippen LogP contribution is 2.15. The topological polar surface area (TPSA) is 93.2 Å². The first-order valence-corrected chi connectivity index (χ1v) is 9.14. The lowest BCUT2D eigenvalue weighted by Gasteiger charge is -2.04. The third-order valence-corrected chi connectivity index (χ3v) is 4.63. The number of hydrogen-bond donors (Lipinski definition) is 2. The highest BCUT2D eigenvalue weighted by Gasteiger charge is 2.14. The molecule has 0 unspecified atom stereocenters. The second-order valence-corrected chi connectivity index (χ2v) is 6.83. The van der Waals surface area contributed by atoms with Crippen molar-refractivity contribution in [2.75, 3.05) is 12.4 Å². The van der Waals surface area contributed by atoms with Crippen molar-refractivity contribution >= 4 is 28.8 Å². The van der Waals surface area contributed by atoms with E-state index in [1.165, 1.54) is 18.2 Å². The molecular formula is C19H17FN4O3S. The number of halogens is 1. The van der Waals surface area contributed by atoms with Gasteiger partial charge in [-0.05, 0) is 35.9 Å². The zero-order valence-corrected chi connectivity index (χ0v) is 15.8. The van der Waals surface area contributed by atoms with E-state index in [4.69, 9.17) is 4.74 Å². The van der Waals surface area contributed by atoms with Crippen molar-refractivity contribution in [1.82, 2.24) is 15.5 Å². The van der Waals surface area contributed by atoms with Gasteiger partial charge in [0.25, 0.3) is 5.91 Å². The molecule has 3 rings (SSSR count). The first-order chi connectivity index (χ1) is 13.5. The molecule has 0 saturated carbocycles. The van der Waals surface area contributed by atoms with Crippen LogP contribution in [0.15, 0.2) is 48.5 Å². The average Bonchev–Trinajstić information content (AvgIpc) is 3.16. The minimum atomic E-state index is -0.487. The Morgan fingerprint density at radius 3 is 2.64 bits per heavy atom. The number of carbonyl (C=O) groups is 2. The Morgan fingerprint density at radius 1 is 1.14 bits per heavy atom. The van der Waals surface area contributed by atoms with Crippen LogP contribution in [0.1, 0.15) is 20.4 Å². The Kier molecular flexibility index (Phi) is 6.28. The Labute approximate surface area is 164 Å². The zero-order chi connectivity index (χ0) is 19.9. The average molecular weight is 400 g/mol. The molecule has 0 aliphatic heterocycles. The first-order valence-electron chi connectivity index (χ1n) is 8.32. The van der Waals surface area contributed by atoms with E-state index in [0.29, 0.717) is 10.7 Å². The Bertz CT molecular complexity index is 975. The second-order valence-electron chi connectivity index (χ2n) is 5.77. The summed E-state index contributed by atoms with van der Waals surface area (Å²) in [6.45, 7) is 0.167. The van der Waals surface area contributed by atoms with E-state index in [0.717, 1.165) is 22.6 Å². The summed E-state index contributed by atoms with van der Waals surface area (Å²) >= 11 is 1.06. The molecular weight excluding hydrogens is 383 g/mol. The van der Waals surface area contributed by atoms with Crippen LogP contribution in [0.25, 0.3) is 0 Å². The van der Waals surface area contributed by atoms with Gasteiger partial charge >= 0.3 is 0 Å². The molecule has 0 atom stereocenters. The van der Waals surface area contributed by atoms with Gasteiger partial charge in [-0.3, -0.25) is 9.59 Å². The van der Waals surface area contributed by atoms with Crippen LogP contribution in [0.5, 0.6) is 5.75 Å². The van der Waals surface area contributed by atoms with Gasteiger partial charge in [0.15, 0.2) is 0 Å². The minimum absolute atomic E-state index is 0.128. The van der Waals surface area contributed by atoms with Crippen molar-refractivity contribution < 1.29 is 18.7 Å². The molecule has 1 heterocycles. The fourth-order valence-corrected chi connectivity index (χ4v) is 3.01. The van der Waals surface area contributed by atoms with Crippen molar-refractivity contribution in [2.24, 2.45) is 0 Å². The summed E-state index contributed by atoms with van der Waals surface area (Å²) in [6.07, 6.45) is 0.218. The largest absolute Gasteiger partial charge is 0.497 e. The number of benzene rings is 2. The second kappa shape index (κ2) is 9.05. The van der Waals surface area contributed by atoms with Crippen LogP contribution >= 0.6 is 11.3 Å². The van der Waals surface area contributed by atoms with Crippen LogP contribution in [0.2, 0.25) is 0 Å². The number of ether oxygens (including phenoxy) is 1. The number of hydrogen-bond acceptors (Lipinski definition) is 6. The smallest absolute Gasteiger partial charge is 0.286 e. The summed E-state index contributed by atoms with van der Waals surface area (Å²) in [5.41, 5.74) is 1.18. The summed E-state index contributed by atoms with van der Waals surface area (Å²) in [7, 11) is 1.58. The lowest BCUT2D eigenvalue weighted by Crippen LogP contribution is -2.24. The molecule has 28 heavy (non-hydrogen) atoms. The molecule has 0 spiro atoms. The van der Waals surface area contributed by atoms with Gasteiger partial charge in [0, 0.05) is 5.69 Å². The molecule has 0 fully saturated rings. The summed E-state index contributed by atoms with van der Waals surface area (Å²) in [6, 6.07) is 12.8. The molecule has 0 aliphatic rings. The number of amides is 2. The Hall–Kier alpha value is -3.33. The van der Waals surface area contributed by atoms with Gasteiger partial charge in [0.05, 0.1) is 20.1 Å². The molecule has 2 amide bonds. The lowest BCUT2D eigenvalue weighted by molar-refractivity contribution is -0.120. The van der Waals surface area contributed by atoms with E-state index >= 15 is 0 Å². The number of aromatic nitrogens is 2. The maximum Gasteiger partial charge on any atom is 0.286 e. The molecule has 9 heteroatoms. The minimum Gasteiger partial charge on any atom is -0.497 e. The van der Waals surface area contributed by atoms with Gasteiger partial charge in [-0.15, -0.1) is 10.2 Å². The summed E-state index contributed by atoms with van der Waals surface area (Å²) in [5.74, 6) is -0.387. The van der Waals surface area contributed by atoms with Gasteiger partial charge in [-0.1, -0.05) is 29.5 Å². The maximum absolute atomic E-state index is 13.2. The summed E-state index contributed by atoms with van der Waals surface area (Å²) < 4.78 is 18.3. The number of nitrogens with zero attached hydrogens (tertiary/aromatic N) is 2. The van der Waals surface area contributed by atoms with Crippen LogP contribution in [-0.2, 0) is 17.8 Å². The maximum atomic E-state index is 13.2. The zero-order valence-electron chi connectivity index (χ0n) is 14.9. The van der Waals surface area contributed by atoms with Crippen molar-refractivity contribution in [3.63, 3.8) is 0 Å². The summed E-state index contributed by atoms with van der Waals surface area (Å²) in [4.78, 5) is 24.2. The van der Waals surface area contributed by atoms with E-state index in [1.54, 1.807) is 25.3 Å². The van der Waals surface area contributed by atoms with Gasteiger partial charge < -0.3 is 15.4 Å². The number of rotatable bonds is 7. The first kappa shape index (κ1) is 19.4. The van der Waals surface area contributed by atoms with Crippen LogP contribution < -0.4 is 15.4 Å². The number of carbonyl (C=O) groups excluding carboxylic acids is 2. The quantitative estimate of drug-likeness (QED) is 0.636. The van der Waals surface area contributed by atoms with Crippen LogP contribution in [-0.4, -0.2) is 29.1 Å². The molecule has 2 N–H and O–H groups in total. The SMILES string of the molecule is COc1ccc(CC(=O)NCc2nnc(C(=O)Nc3cccc(F)c3)s2)cc1. The van der Waals surface area contributed by atoms with Crippen molar-refractivity contribution in [3.8, 4) is 5.75 Å². The van der Waals surface area contributed by atoms with Crippen LogP contribution in [0.3, 0.4) is 0 Å². The normalized spacial score (nSPS) is 10.4. The van der Waals surface area contributed by atoms with Crippen LogP contribution in [0, 0.1) is 5.82 Å². The van der Waals surface area contributed by atoms with E-state index in [2.05, 4.69) is 20.8 Å². The fourth-order valence-electron chi connectivity index (χ4n) is 2.33. The monoisotopic (exact) mass is 400 g/mol. The third kappa shape index (κ3) is 5.34. The summed E-state index contributed by atoms with van der Waals surface area (Å²) in [5, 5.41) is 13.6. The standard InChI is InChI=1S/C19H17FN4O3S/c1-27-15-7-5-12(6-8-15)9-16(25)21-11-17-23-24-19(28-17)18(26)22-14-4-2-3-13(20)10-14/h2-8,10H,9,11H2,1H3,(H,21,25)(H,22,26). The van der Waals surface area contributed by atoms with Gasteiger partial charge in [0.1, 0.15) is 16.6 Å². The Morgan fingerprint density at radius 2 is 1.93 bits per heavy atom. The Balaban J connectivity index is 1.51. The molecule has 0 radical (unpaired) electrons. The predicted molar refractivity (Wildman–Crippen MR) is 103 cm³/mol. The van der Waals surface area contributed by atoms with E-state index < -0.39 is 11.7 Å². The molecule has 0 saturated heterocycles. The van der Waals surface area contributed by atoms with Gasteiger partial charge in [-0.25, -0.2) is 4.39 Å². The molecule has 0 aliphatic carbocycles. The molecule has 2 aromatic carbocycles. The third-order valence-electron chi connectivity index (χ3n) is 3.70. The molecule has 0 bridgehead atoms. The lowest BCUT2D eigenvalue weighted by atomic mass is 10.1. The highest BCUT2D eigenvalue weighted by molar-refractivity contribution is 7.13. The number of anilines is 1. The number of nitrogens with one attached hydrogen (secondary N) is 2. The van der Waals surface area contributed by atoms with Gasteiger partial charge in [-0.2, -0.15) is 0 Å². The van der Waals surface area contributed by atoms with Gasteiger partial charge in [0.2, 0.25) is 10.9 Å². The molecule has 1 aromatic heterocycles. The van der Waals surface area contributed by atoms with E-state index in [-0.39, 0.29) is 23.9 Å². The van der Waals surface area contributed by atoms with E-state index in [9.17, 15) is 14.0 Å². The highest BCUT2D eigenvalue weighted by atomic mass is 32.1. The van der Waals surface area contributed by atoms with E-state index in [1.807, 2.05) is 12.1 Å². The van der Waals surface area contributed by atoms with Crippen molar-refractivity contribution in [1.29, 1.82) is 0 Å². The van der Waals surface area contributed by atoms with Crippen LogP contribution in [0.4, 0.5) is 10.1 Å².